The van der Waals surface area contributed by atoms with Crippen molar-refractivity contribution in [1.82, 2.24) is 10.2 Å². The Morgan fingerprint density at radius 1 is 1.00 bits per heavy atom. The van der Waals surface area contributed by atoms with Crippen molar-refractivity contribution >= 4 is 23.3 Å². The van der Waals surface area contributed by atoms with Crippen LogP contribution in [0, 0.1) is 19.8 Å². The molecular weight excluding hydrogens is 306 g/mol. The van der Waals surface area contributed by atoms with E-state index in [1.807, 2.05) is 19.1 Å². The minimum atomic E-state index is -1.02. The molecule has 1 aromatic carbocycles. The van der Waals surface area contributed by atoms with Crippen LogP contribution in [0.15, 0.2) is 36.4 Å². The molecule has 3 rings (SSSR count). The molecule has 0 aliphatic carbocycles. The number of carbonyl (C=O) groups excluding carboxylic acids is 3. The first kappa shape index (κ1) is 16.0. The van der Waals surface area contributed by atoms with E-state index in [9.17, 15) is 14.4 Å². The number of ketones is 2. The van der Waals surface area contributed by atoms with Crippen LogP contribution in [0.5, 0.6) is 0 Å². The highest BCUT2D eigenvalue weighted by atomic mass is 16.2. The van der Waals surface area contributed by atoms with E-state index in [1.54, 1.807) is 38.1 Å². The first-order valence-electron chi connectivity index (χ1n) is 7.69. The molecule has 1 aromatic heterocycles. The summed E-state index contributed by atoms with van der Waals surface area (Å²) in [5, 5.41) is 7.88. The minimum Gasteiger partial charge on any atom is -0.293 e. The standard InChI is InChI=1S/C18H17N3O3/c1-10-4-7-13(8-5-10)16(22)15-12(3)21(18(24)17(15)23)14-9-6-11(2)19-20-14/h4-9,12,15H,1-3H3. The Balaban J connectivity index is 1.94. The first-order valence-corrected chi connectivity index (χ1v) is 7.69. The summed E-state index contributed by atoms with van der Waals surface area (Å²) in [6, 6.07) is 9.71. The number of carbonyl (C=O) groups is 3. The van der Waals surface area contributed by atoms with Crippen LogP contribution in [-0.4, -0.2) is 33.7 Å². The molecule has 2 aromatic rings. The second-order valence-corrected chi connectivity index (χ2v) is 6.02. The average molecular weight is 323 g/mol. The Labute approximate surface area is 139 Å². The van der Waals surface area contributed by atoms with Gasteiger partial charge in [-0.05, 0) is 32.9 Å². The van der Waals surface area contributed by atoms with E-state index in [1.165, 1.54) is 4.90 Å². The number of nitrogens with zero attached hydrogens (tertiary/aromatic N) is 3. The number of aryl methyl sites for hydroxylation is 2. The van der Waals surface area contributed by atoms with Crippen LogP contribution >= 0.6 is 0 Å². The van der Waals surface area contributed by atoms with E-state index in [0.29, 0.717) is 11.3 Å². The van der Waals surface area contributed by atoms with Gasteiger partial charge in [-0.3, -0.25) is 19.3 Å². The largest absolute Gasteiger partial charge is 0.296 e. The zero-order chi connectivity index (χ0) is 17.4. The molecule has 0 N–H and O–H groups in total. The van der Waals surface area contributed by atoms with Crippen molar-refractivity contribution in [2.24, 2.45) is 5.92 Å². The molecule has 6 heteroatoms. The van der Waals surface area contributed by atoms with Gasteiger partial charge in [-0.15, -0.1) is 5.10 Å². The third-order valence-corrected chi connectivity index (χ3v) is 4.25. The lowest BCUT2D eigenvalue weighted by molar-refractivity contribution is -0.135. The van der Waals surface area contributed by atoms with Crippen molar-refractivity contribution in [3.8, 4) is 0 Å². The summed E-state index contributed by atoms with van der Waals surface area (Å²) in [6.45, 7) is 5.38. The molecule has 1 aliphatic heterocycles. The van der Waals surface area contributed by atoms with E-state index in [-0.39, 0.29) is 11.6 Å². The third kappa shape index (κ3) is 2.60. The number of anilines is 1. The Morgan fingerprint density at radius 3 is 2.25 bits per heavy atom. The Bertz CT molecular complexity index is 812. The van der Waals surface area contributed by atoms with Gasteiger partial charge in [0.05, 0.1) is 11.7 Å². The zero-order valence-electron chi connectivity index (χ0n) is 13.7. The van der Waals surface area contributed by atoms with E-state index < -0.39 is 23.7 Å². The van der Waals surface area contributed by atoms with E-state index >= 15 is 0 Å². The number of amides is 1. The Kier molecular flexibility index (Phi) is 3.97. The number of hydrogen-bond acceptors (Lipinski definition) is 5. The van der Waals surface area contributed by atoms with Crippen LogP contribution in [-0.2, 0) is 9.59 Å². The molecule has 6 nitrogen and oxygen atoms in total. The lowest BCUT2D eigenvalue weighted by Gasteiger charge is -2.21. The van der Waals surface area contributed by atoms with Crippen molar-refractivity contribution in [3.63, 3.8) is 0 Å². The highest BCUT2D eigenvalue weighted by Crippen LogP contribution is 2.29. The molecule has 0 bridgehead atoms. The number of hydrogen-bond donors (Lipinski definition) is 0. The zero-order valence-corrected chi connectivity index (χ0v) is 13.7. The molecule has 24 heavy (non-hydrogen) atoms. The van der Waals surface area contributed by atoms with Crippen molar-refractivity contribution in [1.29, 1.82) is 0 Å². The van der Waals surface area contributed by atoms with Gasteiger partial charge in [0.25, 0.3) is 5.91 Å². The summed E-state index contributed by atoms with van der Waals surface area (Å²) in [7, 11) is 0. The smallest absolute Gasteiger partial charge is 0.293 e. The van der Waals surface area contributed by atoms with Crippen molar-refractivity contribution in [3.05, 3.63) is 53.2 Å². The predicted octanol–water partition coefficient (Wildman–Crippen LogP) is 1.90. The second-order valence-electron chi connectivity index (χ2n) is 6.02. The molecule has 122 valence electrons. The van der Waals surface area contributed by atoms with Crippen LogP contribution < -0.4 is 4.90 Å². The Morgan fingerprint density at radius 2 is 1.67 bits per heavy atom. The summed E-state index contributed by atoms with van der Waals surface area (Å²) in [5.41, 5.74) is 2.15. The number of aromatic nitrogens is 2. The van der Waals surface area contributed by atoms with Gasteiger partial charge < -0.3 is 0 Å². The van der Waals surface area contributed by atoms with Crippen LogP contribution in [0.3, 0.4) is 0 Å². The predicted molar refractivity (Wildman–Crippen MR) is 87.7 cm³/mol. The van der Waals surface area contributed by atoms with Crippen LogP contribution in [0.4, 0.5) is 5.82 Å². The normalized spacial score (nSPS) is 20.5. The summed E-state index contributed by atoms with van der Waals surface area (Å²) in [5.74, 6) is -2.50. The van der Waals surface area contributed by atoms with Gasteiger partial charge in [-0.2, -0.15) is 5.10 Å². The lowest BCUT2D eigenvalue weighted by atomic mass is 9.90. The molecule has 1 aliphatic rings. The topological polar surface area (TPSA) is 80.2 Å². The quantitative estimate of drug-likeness (QED) is 0.489. The number of rotatable bonds is 3. The third-order valence-electron chi connectivity index (χ3n) is 4.25. The van der Waals surface area contributed by atoms with Crippen molar-refractivity contribution < 1.29 is 14.4 Å². The summed E-state index contributed by atoms with van der Waals surface area (Å²) >= 11 is 0. The molecule has 0 spiro atoms. The maximum Gasteiger partial charge on any atom is 0.296 e. The van der Waals surface area contributed by atoms with Crippen LogP contribution in [0.2, 0.25) is 0 Å². The van der Waals surface area contributed by atoms with Crippen LogP contribution in [0.25, 0.3) is 0 Å². The molecule has 2 unspecified atom stereocenters. The maximum atomic E-state index is 12.7. The fourth-order valence-electron chi connectivity index (χ4n) is 2.87. The molecule has 2 heterocycles. The lowest BCUT2D eigenvalue weighted by Crippen LogP contribution is -2.35. The molecule has 2 atom stereocenters. The van der Waals surface area contributed by atoms with Crippen molar-refractivity contribution in [2.75, 3.05) is 4.90 Å². The van der Waals surface area contributed by atoms with Gasteiger partial charge in [0.1, 0.15) is 5.92 Å². The molecule has 1 amide bonds. The summed E-state index contributed by atoms with van der Waals surface area (Å²) < 4.78 is 0. The Hall–Kier alpha value is -2.89. The molecule has 1 fully saturated rings. The first-order chi connectivity index (χ1) is 11.4. The minimum absolute atomic E-state index is 0.283. The molecule has 1 saturated heterocycles. The highest BCUT2D eigenvalue weighted by molar-refractivity contribution is 6.48. The molecule has 0 radical (unpaired) electrons. The van der Waals surface area contributed by atoms with Gasteiger partial charge in [-0.25, -0.2) is 0 Å². The molecule has 0 saturated carbocycles. The number of Topliss-reactive ketones (excluding diaryl/α,β-unsaturated/α-hetero) is 2. The summed E-state index contributed by atoms with van der Waals surface area (Å²) in [6.07, 6.45) is 0. The monoisotopic (exact) mass is 323 g/mol. The van der Waals surface area contributed by atoms with E-state index in [0.717, 1.165) is 5.56 Å². The maximum absolute atomic E-state index is 12.7. The number of benzene rings is 1. The average Bonchev–Trinajstić information content (AvgIpc) is 2.78. The van der Waals surface area contributed by atoms with Gasteiger partial charge in [0, 0.05) is 5.56 Å². The fraction of sp³-hybridized carbons (Fsp3) is 0.278. The fourth-order valence-corrected chi connectivity index (χ4v) is 2.87. The van der Waals surface area contributed by atoms with E-state index in [4.69, 9.17) is 0 Å². The van der Waals surface area contributed by atoms with Crippen molar-refractivity contribution in [2.45, 2.75) is 26.8 Å². The van der Waals surface area contributed by atoms with Gasteiger partial charge in [0.2, 0.25) is 5.78 Å². The van der Waals surface area contributed by atoms with Gasteiger partial charge >= 0.3 is 0 Å². The van der Waals surface area contributed by atoms with E-state index in [2.05, 4.69) is 10.2 Å². The van der Waals surface area contributed by atoms with Crippen LogP contribution in [0.1, 0.15) is 28.5 Å². The second kappa shape index (κ2) is 5.96. The summed E-state index contributed by atoms with van der Waals surface area (Å²) in [4.78, 5) is 38.7. The SMILES string of the molecule is Cc1ccc(C(=O)C2C(=O)C(=O)N(c3ccc(C)nn3)C2C)cc1. The highest BCUT2D eigenvalue weighted by Gasteiger charge is 2.50. The molecular formula is C18H17N3O3. The van der Waals surface area contributed by atoms with Gasteiger partial charge in [-0.1, -0.05) is 29.8 Å². The van der Waals surface area contributed by atoms with Gasteiger partial charge in [0.15, 0.2) is 11.6 Å².